The zero-order valence-corrected chi connectivity index (χ0v) is 13.6. The molecule has 3 rings (SSSR count). The van der Waals surface area contributed by atoms with Crippen LogP contribution in [0.2, 0.25) is 0 Å². The van der Waals surface area contributed by atoms with Crippen LogP contribution >= 0.6 is 0 Å². The third kappa shape index (κ3) is 3.53. The Bertz CT molecular complexity index is 748. The molecular formula is C20H21NO3. The first-order chi connectivity index (χ1) is 11.7. The number of ketones is 1. The summed E-state index contributed by atoms with van der Waals surface area (Å²) in [6, 6.07) is 10.3. The molecule has 1 N–H and O–H groups in total. The number of rotatable bonds is 5. The van der Waals surface area contributed by atoms with Crippen LogP contribution in [0.3, 0.4) is 0 Å². The van der Waals surface area contributed by atoms with Gasteiger partial charge in [-0.15, -0.1) is 0 Å². The molecule has 0 atom stereocenters. The Morgan fingerprint density at radius 3 is 2.46 bits per heavy atom. The first-order valence-corrected chi connectivity index (χ1v) is 8.47. The molecular weight excluding hydrogens is 302 g/mol. The van der Waals surface area contributed by atoms with Crippen molar-refractivity contribution in [2.45, 2.75) is 38.5 Å². The lowest BCUT2D eigenvalue weighted by atomic mass is 9.84. The Hall–Kier alpha value is -2.49. The number of nitrogens with zero attached hydrogens (tertiary/aromatic N) is 1. The largest absolute Gasteiger partial charge is 0.478 e. The van der Waals surface area contributed by atoms with E-state index >= 15 is 0 Å². The van der Waals surface area contributed by atoms with E-state index in [-0.39, 0.29) is 11.3 Å². The Morgan fingerprint density at radius 1 is 1.00 bits per heavy atom. The molecule has 0 amide bonds. The number of carbonyl (C=O) groups excluding carboxylic acids is 1. The zero-order chi connectivity index (χ0) is 16.9. The molecule has 0 aliphatic heterocycles. The van der Waals surface area contributed by atoms with Crippen LogP contribution in [0, 0.1) is 5.92 Å². The average Bonchev–Trinajstić information content (AvgIpc) is 2.62. The first-order valence-electron chi connectivity index (χ1n) is 8.47. The molecule has 1 fully saturated rings. The Labute approximate surface area is 141 Å². The van der Waals surface area contributed by atoms with Gasteiger partial charge in [0.25, 0.3) is 0 Å². The summed E-state index contributed by atoms with van der Waals surface area (Å²) in [7, 11) is 0. The van der Waals surface area contributed by atoms with Crippen molar-refractivity contribution in [1.29, 1.82) is 0 Å². The van der Waals surface area contributed by atoms with Gasteiger partial charge in [-0.2, -0.15) is 0 Å². The van der Waals surface area contributed by atoms with Crippen LogP contribution in [0.4, 0.5) is 0 Å². The molecule has 2 aromatic rings. The minimum Gasteiger partial charge on any atom is -0.478 e. The lowest BCUT2D eigenvalue weighted by Gasteiger charge is -2.21. The third-order valence-corrected chi connectivity index (χ3v) is 4.72. The van der Waals surface area contributed by atoms with E-state index in [1.165, 1.54) is 25.3 Å². The van der Waals surface area contributed by atoms with E-state index in [2.05, 4.69) is 4.98 Å². The Morgan fingerprint density at radius 2 is 1.71 bits per heavy atom. The number of hydrogen-bond acceptors (Lipinski definition) is 3. The second-order valence-electron chi connectivity index (χ2n) is 6.38. The van der Waals surface area contributed by atoms with Crippen molar-refractivity contribution < 1.29 is 14.7 Å². The van der Waals surface area contributed by atoms with Crippen LogP contribution in [0.15, 0.2) is 42.6 Å². The van der Waals surface area contributed by atoms with E-state index < -0.39 is 5.97 Å². The van der Waals surface area contributed by atoms with E-state index in [4.69, 9.17) is 0 Å². The Balaban J connectivity index is 1.93. The topological polar surface area (TPSA) is 67.3 Å². The molecule has 1 aromatic heterocycles. The fraction of sp³-hybridized carbons (Fsp3) is 0.350. The molecule has 0 bridgehead atoms. The van der Waals surface area contributed by atoms with Crippen LogP contribution in [-0.4, -0.2) is 21.8 Å². The van der Waals surface area contributed by atoms with Crippen LogP contribution in [-0.2, 0) is 0 Å². The zero-order valence-electron chi connectivity index (χ0n) is 13.6. The summed E-state index contributed by atoms with van der Waals surface area (Å²) in [5.41, 5.74) is 1.66. The molecule has 1 aliphatic rings. The highest BCUT2D eigenvalue weighted by Gasteiger charge is 2.22. The molecule has 0 unspecified atom stereocenters. The van der Waals surface area contributed by atoms with E-state index in [0.717, 1.165) is 12.8 Å². The van der Waals surface area contributed by atoms with Crippen LogP contribution < -0.4 is 0 Å². The molecule has 24 heavy (non-hydrogen) atoms. The van der Waals surface area contributed by atoms with Crippen molar-refractivity contribution in [3.63, 3.8) is 0 Å². The number of Topliss-reactive ketones (excluding diaryl/α,β-unsaturated/α-hetero) is 1. The molecule has 1 aromatic carbocycles. The fourth-order valence-corrected chi connectivity index (χ4v) is 3.49. The van der Waals surface area contributed by atoms with Gasteiger partial charge in [-0.3, -0.25) is 9.78 Å². The van der Waals surface area contributed by atoms with Gasteiger partial charge >= 0.3 is 5.97 Å². The summed E-state index contributed by atoms with van der Waals surface area (Å²) in [4.78, 5) is 28.5. The number of benzene rings is 1. The van der Waals surface area contributed by atoms with Crippen LogP contribution in [0.5, 0.6) is 0 Å². The molecule has 0 radical (unpaired) electrons. The van der Waals surface area contributed by atoms with Crippen molar-refractivity contribution in [2.24, 2.45) is 5.92 Å². The summed E-state index contributed by atoms with van der Waals surface area (Å²) in [6.45, 7) is 0. The highest BCUT2D eigenvalue weighted by Crippen LogP contribution is 2.31. The van der Waals surface area contributed by atoms with Crippen molar-refractivity contribution in [3.05, 3.63) is 53.7 Å². The summed E-state index contributed by atoms with van der Waals surface area (Å²) >= 11 is 0. The number of carbonyl (C=O) groups is 2. The van der Waals surface area contributed by atoms with Gasteiger partial charge in [0.2, 0.25) is 0 Å². The number of aromatic carboxylic acids is 1. The maximum atomic E-state index is 12.8. The molecule has 1 saturated carbocycles. The predicted molar refractivity (Wildman–Crippen MR) is 92.2 cm³/mol. The highest BCUT2D eigenvalue weighted by molar-refractivity contribution is 6.04. The van der Waals surface area contributed by atoms with Crippen molar-refractivity contribution >= 4 is 11.8 Å². The van der Waals surface area contributed by atoms with Gasteiger partial charge in [-0.25, -0.2) is 4.79 Å². The molecule has 124 valence electrons. The molecule has 4 heteroatoms. The molecule has 1 aliphatic carbocycles. The van der Waals surface area contributed by atoms with Gasteiger partial charge in [-0.1, -0.05) is 56.4 Å². The van der Waals surface area contributed by atoms with Gasteiger partial charge < -0.3 is 5.11 Å². The summed E-state index contributed by atoms with van der Waals surface area (Å²) < 4.78 is 0. The molecule has 0 saturated heterocycles. The lowest BCUT2D eigenvalue weighted by molar-refractivity contribution is 0.0697. The maximum absolute atomic E-state index is 12.8. The summed E-state index contributed by atoms with van der Waals surface area (Å²) in [5.74, 6) is -0.505. The van der Waals surface area contributed by atoms with E-state index in [0.29, 0.717) is 29.2 Å². The first kappa shape index (κ1) is 16.4. The van der Waals surface area contributed by atoms with Crippen LogP contribution in [0.25, 0.3) is 11.3 Å². The molecule has 1 heterocycles. The third-order valence-electron chi connectivity index (χ3n) is 4.72. The minimum absolute atomic E-state index is 0.0829. The quantitative estimate of drug-likeness (QED) is 0.817. The number of aromatic nitrogens is 1. The smallest absolute Gasteiger partial charge is 0.337 e. The highest BCUT2D eigenvalue weighted by atomic mass is 16.4. The fourth-order valence-electron chi connectivity index (χ4n) is 3.49. The van der Waals surface area contributed by atoms with Gasteiger partial charge in [0.15, 0.2) is 5.78 Å². The van der Waals surface area contributed by atoms with Gasteiger partial charge in [0.1, 0.15) is 0 Å². The second-order valence-corrected chi connectivity index (χ2v) is 6.38. The normalized spacial score (nSPS) is 15.2. The molecule has 0 spiro atoms. The summed E-state index contributed by atoms with van der Waals surface area (Å²) in [6.07, 6.45) is 7.97. The lowest BCUT2D eigenvalue weighted by Crippen LogP contribution is -2.13. The van der Waals surface area contributed by atoms with Gasteiger partial charge in [-0.05, 0) is 18.1 Å². The predicted octanol–water partition coefficient (Wildman–Crippen LogP) is 4.60. The standard InChI is InChI=1S/C20H21NO3/c22-18(13-14-7-2-1-3-8-14)15-9-4-5-10-16(15)19-17(20(23)24)11-6-12-21-19/h4-6,9-12,14H,1-3,7-8,13H2,(H,23,24). The Kier molecular flexibility index (Phi) is 5.04. The SMILES string of the molecule is O=C(CC1CCCCC1)c1ccccc1-c1ncccc1C(=O)O. The monoisotopic (exact) mass is 323 g/mol. The van der Waals surface area contributed by atoms with Gasteiger partial charge in [0.05, 0.1) is 11.3 Å². The number of pyridine rings is 1. The van der Waals surface area contributed by atoms with Crippen molar-refractivity contribution in [3.8, 4) is 11.3 Å². The minimum atomic E-state index is -1.03. The van der Waals surface area contributed by atoms with E-state index in [9.17, 15) is 14.7 Å². The summed E-state index contributed by atoms with van der Waals surface area (Å²) in [5, 5.41) is 9.39. The van der Waals surface area contributed by atoms with Crippen LogP contribution in [0.1, 0.15) is 59.2 Å². The van der Waals surface area contributed by atoms with E-state index in [1.807, 2.05) is 12.1 Å². The second kappa shape index (κ2) is 7.39. The number of carboxylic acids is 1. The van der Waals surface area contributed by atoms with E-state index in [1.54, 1.807) is 24.4 Å². The van der Waals surface area contributed by atoms with Gasteiger partial charge in [0, 0.05) is 23.7 Å². The maximum Gasteiger partial charge on any atom is 0.337 e. The van der Waals surface area contributed by atoms with Crippen molar-refractivity contribution in [1.82, 2.24) is 4.98 Å². The number of hydrogen-bond donors (Lipinski definition) is 1. The molecule has 4 nitrogen and oxygen atoms in total. The van der Waals surface area contributed by atoms with Crippen molar-refractivity contribution in [2.75, 3.05) is 0 Å². The number of carboxylic acid groups (broad SMARTS) is 1. The average molecular weight is 323 g/mol.